The molecule has 0 saturated carbocycles. The second-order valence-electron chi connectivity index (χ2n) is 5.33. The molecule has 1 aromatic rings. The van der Waals surface area contributed by atoms with Crippen LogP contribution in [0.5, 0.6) is 11.5 Å². The van der Waals surface area contributed by atoms with Gasteiger partial charge in [-0.15, -0.1) is 0 Å². The van der Waals surface area contributed by atoms with Crippen LogP contribution in [0, 0.1) is 0 Å². The van der Waals surface area contributed by atoms with Gasteiger partial charge in [0, 0.05) is 6.42 Å². The molecule has 3 nitrogen and oxygen atoms in total. The summed E-state index contributed by atoms with van der Waals surface area (Å²) in [6, 6.07) is 6.06. The van der Waals surface area contributed by atoms with Crippen molar-refractivity contribution >= 4 is 6.29 Å². The standard InChI is InChI=1S/C18H28O3/c1-20-17-14-11-13-16(18(17)21-2)12-9-7-5-3-4-6-8-10-15-19/h11,13-15H,3-10,12H2,1-2H3. The molecule has 1 aromatic carbocycles. The third-order valence-electron chi connectivity index (χ3n) is 3.75. The summed E-state index contributed by atoms with van der Waals surface area (Å²) < 4.78 is 10.8. The summed E-state index contributed by atoms with van der Waals surface area (Å²) in [4.78, 5) is 10.2. The molecule has 0 saturated heterocycles. The molecule has 3 heteroatoms. The van der Waals surface area contributed by atoms with Crippen LogP contribution in [0.2, 0.25) is 0 Å². The molecule has 0 spiro atoms. The number of aldehydes is 1. The van der Waals surface area contributed by atoms with Crippen molar-refractivity contribution in [3.05, 3.63) is 23.8 Å². The van der Waals surface area contributed by atoms with Crippen LogP contribution in [0.4, 0.5) is 0 Å². The van der Waals surface area contributed by atoms with Crippen molar-refractivity contribution in [2.75, 3.05) is 14.2 Å². The number of hydrogen-bond acceptors (Lipinski definition) is 3. The lowest BCUT2D eigenvalue weighted by molar-refractivity contribution is -0.107. The van der Waals surface area contributed by atoms with E-state index in [1.54, 1.807) is 14.2 Å². The van der Waals surface area contributed by atoms with E-state index in [2.05, 4.69) is 6.07 Å². The zero-order chi connectivity index (χ0) is 15.3. The van der Waals surface area contributed by atoms with Crippen LogP contribution < -0.4 is 9.47 Å². The highest BCUT2D eigenvalue weighted by atomic mass is 16.5. The average molecular weight is 292 g/mol. The Morgan fingerprint density at radius 2 is 1.57 bits per heavy atom. The molecule has 118 valence electrons. The zero-order valence-corrected chi connectivity index (χ0v) is 13.4. The number of carbonyl (C=O) groups excluding carboxylic acids is 1. The number of methoxy groups -OCH3 is 2. The zero-order valence-electron chi connectivity index (χ0n) is 13.4. The number of hydrogen-bond donors (Lipinski definition) is 0. The van der Waals surface area contributed by atoms with Gasteiger partial charge in [0.2, 0.25) is 0 Å². The normalized spacial score (nSPS) is 10.4. The SMILES string of the molecule is COc1cccc(CCCCCCCCCC=O)c1OC. The maximum Gasteiger partial charge on any atom is 0.163 e. The van der Waals surface area contributed by atoms with Crippen LogP contribution in [0.15, 0.2) is 18.2 Å². The molecule has 0 N–H and O–H groups in total. The minimum Gasteiger partial charge on any atom is -0.493 e. The molecule has 0 aliphatic carbocycles. The number of ether oxygens (including phenoxy) is 2. The van der Waals surface area contributed by atoms with Crippen molar-refractivity contribution in [3.63, 3.8) is 0 Å². The topological polar surface area (TPSA) is 35.5 Å². The molecule has 0 atom stereocenters. The van der Waals surface area contributed by atoms with Crippen LogP contribution in [0.1, 0.15) is 56.9 Å². The minimum atomic E-state index is 0.718. The van der Waals surface area contributed by atoms with E-state index in [0.717, 1.165) is 37.0 Å². The number of carbonyl (C=O) groups is 1. The molecule has 0 fully saturated rings. The number of aryl methyl sites for hydroxylation is 1. The van der Waals surface area contributed by atoms with Gasteiger partial charge in [0.25, 0.3) is 0 Å². The second-order valence-corrected chi connectivity index (χ2v) is 5.33. The largest absolute Gasteiger partial charge is 0.493 e. The molecule has 0 radical (unpaired) electrons. The first-order chi connectivity index (χ1) is 10.3. The van der Waals surface area contributed by atoms with Crippen molar-refractivity contribution in [1.82, 2.24) is 0 Å². The minimum absolute atomic E-state index is 0.718. The summed E-state index contributed by atoms with van der Waals surface area (Å²) in [6.07, 6.45) is 11.2. The highest BCUT2D eigenvalue weighted by molar-refractivity contribution is 5.49. The highest BCUT2D eigenvalue weighted by Gasteiger charge is 2.08. The van der Waals surface area contributed by atoms with E-state index in [-0.39, 0.29) is 0 Å². The van der Waals surface area contributed by atoms with Crippen LogP contribution in [-0.4, -0.2) is 20.5 Å². The van der Waals surface area contributed by atoms with Gasteiger partial charge in [-0.3, -0.25) is 0 Å². The Kier molecular flexibility index (Phi) is 9.34. The van der Waals surface area contributed by atoms with E-state index in [1.165, 1.54) is 44.1 Å². The Bertz CT molecular complexity index is 401. The monoisotopic (exact) mass is 292 g/mol. The predicted octanol–water partition coefficient (Wildman–Crippen LogP) is 4.57. The maximum absolute atomic E-state index is 10.2. The van der Waals surface area contributed by atoms with Crippen LogP contribution in [0.25, 0.3) is 0 Å². The van der Waals surface area contributed by atoms with E-state index >= 15 is 0 Å². The Labute approximate surface area is 128 Å². The van der Waals surface area contributed by atoms with Gasteiger partial charge >= 0.3 is 0 Å². The molecule has 0 aromatic heterocycles. The van der Waals surface area contributed by atoms with Gasteiger partial charge in [0.1, 0.15) is 6.29 Å². The second kappa shape index (κ2) is 11.2. The summed E-state index contributed by atoms with van der Waals surface area (Å²) >= 11 is 0. The van der Waals surface area contributed by atoms with Crippen molar-refractivity contribution in [1.29, 1.82) is 0 Å². The van der Waals surface area contributed by atoms with E-state index in [4.69, 9.17) is 9.47 Å². The molecular formula is C18H28O3. The lowest BCUT2D eigenvalue weighted by Crippen LogP contribution is -1.96. The molecule has 0 heterocycles. The van der Waals surface area contributed by atoms with E-state index in [1.807, 2.05) is 12.1 Å². The van der Waals surface area contributed by atoms with E-state index in [9.17, 15) is 4.79 Å². The molecule has 0 amide bonds. The molecule has 0 aliphatic heterocycles. The van der Waals surface area contributed by atoms with Crippen molar-refractivity contribution < 1.29 is 14.3 Å². The van der Waals surface area contributed by atoms with Crippen molar-refractivity contribution in [2.45, 2.75) is 57.8 Å². The first-order valence-electron chi connectivity index (χ1n) is 7.97. The first kappa shape index (κ1) is 17.5. The Hall–Kier alpha value is -1.51. The van der Waals surface area contributed by atoms with Crippen LogP contribution in [-0.2, 0) is 11.2 Å². The molecule has 1 rings (SSSR count). The summed E-state index contributed by atoms with van der Waals surface area (Å²) in [5, 5.41) is 0. The van der Waals surface area contributed by atoms with Crippen molar-refractivity contribution in [2.24, 2.45) is 0 Å². The van der Waals surface area contributed by atoms with E-state index < -0.39 is 0 Å². The fourth-order valence-corrected chi connectivity index (χ4v) is 2.58. The Morgan fingerprint density at radius 3 is 2.19 bits per heavy atom. The van der Waals surface area contributed by atoms with Gasteiger partial charge in [-0.1, -0.05) is 44.2 Å². The number of unbranched alkanes of at least 4 members (excludes halogenated alkanes) is 7. The Balaban J connectivity index is 2.19. The molecular weight excluding hydrogens is 264 g/mol. The first-order valence-corrected chi connectivity index (χ1v) is 7.97. The fourth-order valence-electron chi connectivity index (χ4n) is 2.58. The maximum atomic E-state index is 10.2. The highest BCUT2D eigenvalue weighted by Crippen LogP contribution is 2.31. The number of benzene rings is 1. The summed E-state index contributed by atoms with van der Waals surface area (Å²) in [7, 11) is 3.37. The summed E-state index contributed by atoms with van der Waals surface area (Å²) in [5.41, 5.74) is 1.22. The number of rotatable bonds is 12. The molecule has 0 bridgehead atoms. The van der Waals surface area contributed by atoms with Crippen LogP contribution in [0.3, 0.4) is 0 Å². The average Bonchev–Trinajstić information content (AvgIpc) is 2.52. The van der Waals surface area contributed by atoms with Gasteiger partial charge in [-0.25, -0.2) is 0 Å². The summed E-state index contributed by atoms with van der Waals surface area (Å²) in [5.74, 6) is 1.68. The van der Waals surface area contributed by atoms with Crippen LogP contribution >= 0.6 is 0 Å². The van der Waals surface area contributed by atoms with E-state index in [0.29, 0.717) is 0 Å². The van der Waals surface area contributed by atoms with Gasteiger partial charge in [-0.2, -0.15) is 0 Å². The third kappa shape index (κ3) is 6.65. The lowest BCUT2D eigenvalue weighted by atomic mass is 10.0. The van der Waals surface area contributed by atoms with Gasteiger partial charge in [0.05, 0.1) is 14.2 Å². The lowest BCUT2D eigenvalue weighted by Gasteiger charge is -2.12. The fraction of sp³-hybridized carbons (Fsp3) is 0.611. The smallest absolute Gasteiger partial charge is 0.163 e. The molecule has 21 heavy (non-hydrogen) atoms. The van der Waals surface area contributed by atoms with Crippen molar-refractivity contribution in [3.8, 4) is 11.5 Å². The quantitative estimate of drug-likeness (QED) is 0.418. The van der Waals surface area contributed by atoms with Gasteiger partial charge in [0.15, 0.2) is 11.5 Å². The third-order valence-corrected chi connectivity index (χ3v) is 3.75. The Morgan fingerprint density at radius 1 is 0.905 bits per heavy atom. The molecule has 0 unspecified atom stereocenters. The molecule has 0 aliphatic rings. The van der Waals surface area contributed by atoms with Gasteiger partial charge in [-0.05, 0) is 30.9 Å². The van der Waals surface area contributed by atoms with Gasteiger partial charge < -0.3 is 14.3 Å². The predicted molar refractivity (Wildman–Crippen MR) is 86.3 cm³/mol. The number of para-hydroxylation sites is 1. The summed E-state index contributed by atoms with van der Waals surface area (Å²) in [6.45, 7) is 0.